The van der Waals surface area contributed by atoms with Gasteiger partial charge in [0.25, 0.3) is 0 Å². The van der Waals surface area contributed by atoms with E-state index in [0.29, 0.717) is 13.1 Å². The topological polar surface area (TPSA) is 55.6 Å². The summed E-state index contributed by atoms with van der Waals surface area (Å²) in [6.07, 6.45) is 0.921. The number of carbonyl (C=O) groups is 1. The summed E-state index contributed by atoms with van der Waals surface area (Å²) < 4.78 is 5.97. The maximum atomic E-state index is 12.4. The van der Waals surface area contributed by atoms with E-state index < -0.39 is 6.04 Å². The second-order valence-corrected chi connectivity index (χ2v) is 6.73. The molecule has 0 bridgehead atoms. The van der Waals surface area contributed by atoms with Gasteiger partial charge in [0.1, 0.15) is 0 Å². The van der Waals surface area contributed by atoms with E-state index >= 15 is 0 Å². The molecule has 1 amide bonds. The maximum absolute atomic E-state index is 12.4. The predicted octanol–water partition coefficient (Wildman–Crippen LogP) is 1.78. The molecular formula is C14H28N2O2. The first-order valence-corrected chi connectivity index (χ1v) is 6.82. The molecule has 1 heterocycles. The van der Waals surface area contributed by atoms with E-state index in [1.807, 2.05) is 39.5 Å². The lowest BCUT2D eigenvalue weighted by Gasteiger charge is -2.47. The van der Waals surface area contributed by atoms with Crippen molar-refractivity contribution in [3.05, 3.63) is 0 Å². The number of hydrogen-bond acceptors (Lipinski definition) is 3. The molecule has 1 aliphatic rings. The summed E-state index contributed by atoms with van der Waals surface area (Å²) in [7, 11) is 0. The highest BCUT2D eigenvalue weighted by molar-refractivity contribution is 5.82. The van der Waals surface area contributed by atoms with Crippen LogP contribution in [0.25, 0.3) is 0 Å². The van der Waals surface area contributed by atoms with Crippen LogP contribution in [0.5, 0.6) is 0 Å². The zero-order valence-electron chi connectivity index (χ0n) is 12.6. The number of carbonyl (C=O) groups excluding carboxylic acids is 1. The van der Waals surface area contributed by atoms with Gasteiger partial charge in [0.05, 0.1) is 17.2 Å². The molecule has 1 fully saturated rings. The summed E-state index contributed by atoms with van der Waals surface area (Å²) in [5, 5.41) is 0. The molecule has 0 saturated carbocycles. The van der Waals surface area contributed by atoms with Crippen molar-refractivity contribution in [2.24, 2.45) is 11.7 Å². The number of nitrogens with two attached hydrogens (primary N) is 1. The monoisotopic (exact) mass is 256 g/mol. The Morgan fingerprint density at radius 3 is 2.11 bits per heavy atom. The van der Waals surface area contributed by atoms with Gasteiger partial charge in [-0.25, -0.2) is 0 Å². The Balaban J connectivity index is 2.80. The normalized spacial score (nSPS) is 25.6. The number of morpholine rings is 1. The van der Waals surface area contributed by atoms with Crippen LogP contribution in [-0.2, 0) is 9.53 Å². The Morgan fingerprint density at radius 1 is 1.28 bits per heavy atom. The third-order valence-corrected chi connectivity index (χ3v) is 3.55. The second kappa shape index (κ2) is 5.17. The fraction of sp³-hybridized carbons (Fsp3) is 0.929. The van der Waals surface area contributed by atoms with E-state index in [2.05, 4.69) is 6.92 Å². The average molecular weight is 256 g/mol. The van der Waals surface area contributed by atoms with Crippen molar-refractivity contribution in [3.8, 4) is 0 Å². The predicted molar refractivity (Wildman–Crippen MR) is 73.3 cm³/mol. The lowest BCUT2D eigenvalue weighted by atomic mass is 9.95. The molecular weight excluding hydrogens is 228 g/mol. The van der Waals surface area contributed by atoms with Gasteiger partial charge in [-0.3, -0.25) is 4.79 Å². The van der Waals surface area contributed by atoms with Crippen LogP contribution in [0.3, 0.4) is 0 Å². The van der Waals surface area contributed by atoms with Gasteiger partial charge in [0.15, 0.2) is 0 Å². The van der Waals surface area contributed by atoms with Crippen molar-refractivity contribution >= 4 is 5.91 Å². The molecule has 1 rings (SSSR count). The third kappa shape index (κ3) is 3.69. The Hall–Kier alpha value is -0.610. The number of rotatable bonds is 3. The Kier molecular flexibility index (Phi) is 4.44. The van der Waals surface area contributed by atoms with Crippen LogP contribution in [0.2, 0.25) is 0 Å². The summed E-state index contributed by atoms with van der Waals surface area (Å²) in [5.74, 6) is 0.264. The van der Waals surface area contributed by atoms with E-state index in [4.69, 9.17) is 10.5 Å². The van der Waals surface area contributed by atoms with E-state index in [1.54, 1.807) is 0 Å². The highest BCUT2D eigenvalue weighted by Gasteiger charge is 2.41. The standard InChI is InChI=1S/C14H28N2O2/c1-7-10(2)11(15)12(17)16-8-13(3,4)18-14(5,6)9-16/h10-11H,7-9,15H2,1-6H3. The molecule has 0 aliphatic carbocycles. The van der Waals surface area contributed by atoms with Crippen molar-refractivity contribution in [1.82, 2.24) is 4.90 Å². The van der Waals surface area contributed by atoms with Crippen LogP contribution < -0.4 is 5.73 Å². The van der Waals surface area contributed by atoms with Crippen molar-refractivity contribution in [3.63, 3.8) is 0 Å². The lowest BCUT2D eigenvalue weighted by molar-refractivity contribution is -0.189. The summed E-state index contributed by atoms with van der Waals surface area (Å²) in [5.41, 5.74) is 5.42. The summed E-state index contributed by atoms with van der Waals surface area (Å²) >= 11 is 0. The number of amides is 1. The zero-order chi connectivity index (χ0) is 14.1. The minimum atomic E-state index is -0.403. The molecule has 1 saturated heterocycles. The molecule has 0 radical (unpaired) electrons. The highest BCUT2D eigenvalue weighted by Crippen LogP contribution is 2.28. The Labute approximate surface area is 111 Å². The smallest absolute Gasteiger partial charge is 0.239 e. The van der Waals surface area contributed by atoms with Crippen LogP contribution in [0.15, 0.2) is 0 Å². The van der Waals surface area contributed by atoms with Gasteiger partial charge >= 0.3 is 0 Å². The van der Waals surface area contributed by atoms with Crippen LogP contribution in [0, 0.1) is 5.92 Å². The third-order valence-electron chi connectivity index (χ3n) is 3.55. The number of nitrogens with zero attached hydrogens (tertiary/aromatic N) is 1. The fourth-order valence-electron chi connectivity index (χ4n) is 2.65. The highest BCUT2D eigenvalue weighted by atomic mass is 16.5. The molecule has 1 aliphatic heterocycles. The molecule has 4 nitrogen and oxygen atoms in total. The van der Waals surface area contributed by atoms with E-state index in [9.17, 15) is 4.79 Å². The average Bonchev–Trinajstić information content (AvgIpc) is 2.21. The van der Waals surface area contributed by atoms with Gasteiger partial charge in [-0.1, -0.05) is 20.3 Å². The molecule has 106 valence electrons. The SMILES string of the molecule is CCC(C)C(N)C(=O)N1CC(C)(C)OC(C)(C)C1. The first-order chi connectivity index (χ1) is 8.08. The Bertz CT molecular complexity index is 297. The lowest BCUT2D eigenvalue weighted by Crippen LogP contribution is -2.61. The largest absolute Gasteiger partial charge is 0.366 e. The zero-order valence-corrected chi connectivity index (χ0v) is 12.6. The van der Waals surface area contributed by atoms with Crippen LogP contribution in [-0.4, -0.2) is 41.1 Å². The molecule has 0 aromatic heterocycles. The molecule has 2 atom stereocenters. The molecule has 4 heteroatoms. The maximum Gasteiger partial charge on any atom is 0.239 e. The van der Waals surface area contributed by atoms with Gasteiger partial charge in [0.2, 0.25) is 5.91 Å². The molecule has 0 aromatic carbocycles. The van der Waals surface area contributed by atoms with Gasteiger partial charge in [-0.2, -0.15) is 0 Å². The molecule has 0 aromatic rings. The molecule has 2 N–H and O–H groups in total. The van der Waals surface area contributed by atoms with Crippen LogP contribution in [0.1, 0.15) is 48.0 Å². The van der Waals surface area contributed by atoms with Crippen molar-refractivity contribution in [1.29, 1.82) is 0 Å². The van der Waals surface area contributed by atoms with Gasteiger partial charge in [-0.05, 0) is 33.6 Å². The van der Waals surface area contributed by atoms with Gasteiger partial charge in [0, 0.05) is 13.1 Å². The molecule has 18 heavy (non-hydrogen) atoms. The Morgan fingerprint density at radius 2 is 1.72 bits per heavy atom. The van der Waals surface area contributed by atoms with Crippen molar-refractivity contribution < 1.29 is 9.53 Å². The van der Waals surface area contributed by atoms with Gasteiger partial charge in [-0.15, -0.1) is 0 Å². The van der Waals surface area contributed by atoms with E-state index in [-0.39, 0.29) is 23.0 Å². The van der Waals surface area contributed by atoms with Crippen LogP contribution in [0.4, 0.5) is 0 Å². The van der Waals surface area contributed by atoms with Crippen molar-refractivity contribution in [2.75, 3.05) is 13.1 Å². The van der Waals surface area contributed by atoms with E-state index in [1.165, 1.54) is 0 Å². The molecule has 0 spiro atoms. The summed E-state index contributed by atoms with van der Waals surface area (Å²) in [6.45, 7) is 13.4. The number of hydrogen-bond donors (Lipinski definition) is 1. The van der Waals surface area contributed by atoms with Crippen LogP contribution >= 0.6 is 0 Å². The summed E-state index contributed by atoms with van der Waals surface area (Å²) in [6, 6.07) is -0.403. The van der Waals surface area contributed by atoms with Crippen molar-refractivity contribution in [2.45, 2.75) is 65.2 Å². The molecule has 2 unspecified atom stereocenters. The van der Waals surface area contributed by atoms with E-state index in [0.717, 1.165) is 6.42 Å². The first-order valence-electron chi connectivity index (χ1n) is 6.82. The summed E-state index contributed by atoms with van der Waals surface area (Å²) in [4.78, 5) is 14.3. The second-order valence-electron chi connectivity index (χ2n) is 6.73. The first kappa shape index (κ1) is 15.4. The number of ether oxygens (including phenoxy) is 1. The van der Waals surface area contributed by atoms with Gasteiger partial charge < -0.3 is 15.4 Å². The minimum absolute atomic E-state index is 0.0498. The quantitative estimate of drug-likeness (QED) is 0.837. The fourth-order valence-corrected chi connectivity index (χ4v) is 2.65. The minimum Gasteiger partial charge on any atom is -0.366 e.